The van der Waals surface area contributed by atoms with Gasteiger partial charge in [0.05, 0.1) is 19.4 Å². The SMILES string of the molecule is COc1cc(F)ccc1NC(C)c1ccc2c(c1)CCO2. The number of hydrogen-bond donors (Lipinski definition) is 1. The third-order valence-corrected chi connectivity index (χ3v) is 3.75. The highest BCUT2D eigenvalue weighted by Gasteiger charge is 2.15. The molecule has 0 aromatic heterocycles. The number of nitrogens with one attached hydrogen (secondary N) is 1. The second-order valence-corrected chi connectivity index (χ2v) is 5.18. The zero-order valence-corrected chi connectivity index (χ0v) is 12.2. The normalized spacial score (nSPS) is 14.2. The highest BCUT2D eigenvalue weighted by atomic mass is 19.1. The predicted octanol–water partition coefficient (Wildman–Crippen LogP) is 3.94. The Hall–Kier alpha value is -2.23. The lowest BCUT2D eigenvalue weighted by atomic mass is 10.0. The molecule has 0 bridgehead atoms. The van der Waals surface area contributed by atoms with Crippen LogP contribution in [0.4, 0.5) is 10.1 Å². The quantitative estimate of drug-likeness (QED) is 0.924. The van der Waals surface area contributed by atoms with E-state index < -0.39 is 0 Å². The summed E-state index contributed by atoms with van der Waals surface area (Å²) >= 11 is 0. The number of fused-ring (bicyclic) bond motifs is 1. The van der Waals surface area contributed by atoms with Crippen molar-refractivity contribution in [3.8, 4) is 11.5 Å². The van der Waals surface area contributed by atoms with Crippen molar-refractivity contribution in [2.75, 3.05) is 19.0 Å². The monoisotopic (exact) mass is 287 g/mol. The van der Waals surface area contributed by atoms with E-state index in [0.29, 0.717) is 5.75 Å². The summed E-state index contributed by atoms with van der Waals surface area (Å²) in [5.74, 6) is 1.18. The predicted molar refractivity (Wildman–Crippen MR) is 80.6 cm³/mol. The largest absolute Gasteiger partial charge is 0.494 e. The van der Waals surface area contributed by atoms with Gasteiger partial charge in [-0.25, -0.2) is 4.39 Å². The fraction of sp³-hybridized carbons (Fsp3) is 0.294. The average molecular weight is 287 g/mol. The molecule has 4 heteroatoms. The van der Waals surface area contributed by atoms with E-state index in [1.54, 1.807) is 6.07 Å². The van der Waals surface area contributed by atoms with Crippen molar-refractivity contribution >= 4 is 5.69 Å². The third kappa shape index (κ3) is 2.79. The molecule has 1 unspecified atom stereocenters. The number of rotatable bonds is 4. The maximum Gasteiger partial charge on any atom is 0.144 e. The first-order valence-corrected chi connectivity index (χ1v) is 7.03. The van der Waals surface area contributed by atoms with E-state index in [2.05, 4.69) is 24.4 Å². The van der Waals surface area contributed by atoms with Crippen molar-refractivity contribution in [3.63, 3.8) is 0 Å². The summed E-state index contributed by atoms with van der Waals surface area (Å²) < 4.78 is 24.0. The van der Waals surface area contributed by atoms with E-state index in [0.717, 1.165) is 24.5 Å². The van der Waals surface area contributed by atoms with Gasteiger partial charge in [0, 0.05) is 18.5 Å². The Morgan fingerprint density at radius 3 is 2.90 bits per heavy atom. The van der Waals surface area contributed by atoms with Gasteiger partial charge in [-0.1, -0.05) is 6.07 Å². The smallest absolute Gasteiger partial charge is 0.144 e. The lowest BCUT2D eigenvalue weighted by Crippen LogP contribution is -2.08. The summed E-state index contributed by atoms with van der Waals surface area (Å²) in [6.45, 7) is 2.83. The van der Waals surface area contributed by atoms with Crippen molar-refractivity contribution in [1.82, 2.24) is 0 Å². The van der Waals surface area contributed by atoms with Crippen LogP contribution in [0.1, 0.15) is 24.1 Å². The van der Waals surface area contributed by atoms with Crippen LogP contribution in [0.5, 0.6) is 11.5 Å². The molecule has 1 aliphatic heterocycles. The summed E-state index contributed by atoms with van der Waals surface area (Å²) in [4.78, 5) is 0. The van der Waals surface area contributed by atoms with E-state index in [9.17, 15) is 4.39 Å². The molecule has 0 radical (unpaired) electrons. The fourth-order valence-electron chi connectivity index (χ4n) is 2.58. The van der Waals surface area contributed by atoms with E-state index in [1.807, 2.05) is 6.07 Å². The zero-order valence-electron chi connectivity index (χ0n) is 12.2. The number of benzene rings is 2. The first-order chi connectivity index (χ1) is 10.2. The number of halogens is 1. The molecule has 2 aromatic rings. The Morgan fingerprint density at radius 2 is 2.10 bits per heavy atom. The minimum absolute atomic E-state index is 0.0928. The van der Waals surface area contributed by atoms with Gasteiger partial charge in [0.1, 0.15) is 17.3 Å². The van der Waals surface area contributed by atoms with Crippen LogP contribution in [0.2, 0.25) is 0 Å². The van der Waals surface area contributed by atoms with Gasteiger partial charge in [0.15, 0.2) is 0 Å². The maximum absolute atomic E-state index is 13.2. The lowest BCUT2D eigenvalue weighted by Gasteiger charge is -2.18. The molecule has 110 valence electrons. The third-order valence-electron chi connectivity index (χ3n) is 3.75. The second-order valence-electron chi connectivity index (χ2n) is 5.18. The first kappa shape index (κ1) is 13.7. The second kappa shape index (κ2) is 5.64. The Bertz CT molecular complexity index is 657. The lowest BCUT2D eigenvalue weighted by molar-refractivity contribution is 0.357. The van der Waals surface area contributed by atoms with Crippen LogP contribution in [-0.2, 0) is 6.42 Å². The molecule has 0 fully saturated rings. The summed E-state index contributed by atoms with van der Waals surface area (Å²) in [5, 5.41) is 3.36. The topological polar surface area (TPSA) is 30.5 Å². The van der Waals surface area contributed by atoms with Crippen LogP contribution in [-0.4, -0.2) is 13.7 Å². The molecule has 0 spiro atoms. The highest BCUT2D eigenvalue weighted by molar-refractivity contribution is 5.58. The molecule has 0 saturated heterocycles. The van der Waals surface area contributed by atoms with Crippen LogP contribution in [0.15, 0.2) is 36.4 Å². The first-order valence-electron chi connectivity index (χ1n) is 7.03. The van der Waals surface area contributed by atoms with E-state index in [4.69, 9.17) is 9.47 Å². The molecular weight excluding hydrogens is 269 g/mol. The van der Waals surface area contributed by atoms with Crippen LogP contribution in [0, 0.1) is 5.82 Å². The van der Waals surface area contributed by atoms with E-state index in [1.165, 1.54) is 30.4 Å². The Labute approximate surface area is 123 Å². The van der Waals surface area contributed by atoms with Crippen molar-refractivity contribution in [1.29, 1.82) is 0 Å². The molecule has 0 saturated carbocycles. The molecule has 3 nitrogen and oxygen atoms in total. The molecule has 1 atom stereocenters. The number of ether oxygens (including phenoxy) is 2. The van der Waals surface area contributed by atoms with Gasteiger partial charge >= 0.3 is 0 Å². The molecular formula is C17H18FNO2. The van der Waals surface area contributed by atoms with E-state index in [-0.39, 0.29) is 11.9 Å². The van der Waals surface area contributed by atoms with Gasteiger partial charge in [-0.05, 0) is 42.3 Å². The number of methoxy groups -OCH3 is 1. The number of anilines is 1. The molecule has 1 N–H and O–H groups in total. The number of hydrogen-bond acceptors (Lipinski definition) is 3. The van der Waals surface area contributed by atoms with Crippen LogP contribution < -0.4 is 14.8 Å². The molecule has 3 rings (SSSR count). The van der Waals surface area contributed by atoms with Gasteiger partial charge in [-0.3, -0.25) is 0 Å². The molecule has 1 heterocycles. The minimum atomic E-state index is -0.306. The Morgan fingerprint density at radius 1 is 1.24 bits per heavy atom. The highest BCUT2D eigenvalue weighted by Crippen LogP contribution is 2.32. The van der Waals surface area contributed by atoms with Crippen LogP contribution in [0.25, 0.3) is 0 Å². The van der Waals surface area contributed by atoms with Gasteiger partial charge < -0.3 is 14.8 Å². The van der Waals surface area contributed by atoms with Gasteiger partial charge in [-0.15, -0.1) is 0 Å². The molecule has 0 aliphatic carbocycles. The van der Waals surface area contributed by atoms with Crippen molar-refractivity contribution < 1.29 is 13.9 Å². The Balaban J connectivity index is 1.81. The summed E-state index contributed by atoms with van der Waals surface area (Å²) in [7, 11) is 1.54. The van der Waals surface area contributed by atoms with Crippen LogP contribution in [0.3, 0.4) is 0 Å². The fourth-order valence-corrected chi connectivity index (χ4v) is 2.58. The minimum Gasteiger partial charge on any atom is -0.494 e. The van der Waals surface area contributed by atoms with Crippen molar-refractivity contribution in [2.45, 2.75) is 19.4 Å². The van der Waals surface area contributed by atoms with Crippen molar-refractivity contribution in [3.05, 3.63) is 53.3 Å². The maximum atomic E-state index is 13.2. The molecule has 21 heavy (non-hydrogen) atoms. The van der Waals surface area contributed by atoms with Gasteiger partial charge in [0.25, 0.3) is 0 Å². The molecule has 2 aromatic carbocycles. The van der Waals surface area contributed by atoms with Gasteiger partial charge in [-0.2, -0.15) is 0 Å². The Kier molecular flexibility index (Phi) is 3.69. The van der Waals surface area contributed by atoms with Gasteiger partial charge in [0.2, 0.25) is 0 Å². The average Bonchev–Trinajstić information content (AvgIpc) is 2.96. The molecule has 0 amide bonds. The molecule has 1 aliphatic rings. The van der Waals surface area contributed by atoms with E-state index >= 15 is 0 Å². The standard InChI is InChI=1S/C17H18FNO2/c1-11(12-3-6-16-13(9-12)7-8-21-16)19-15-5-4-14(18)10-17(15)20-2/h3-6,9-11,19H,7-8H2,1-2H3. The summed E-state index contributed by atoms with van der Waals surface area (Å²) in [5.41, 5.74) is 3.20. The van der Waals surface area contributed by atoms with Crippen molar-refractivity contribution in [2.24, 2.45) is 0 Å². The zero-order chi connectivity index (χ0) is 14.8. The summed E-state index contributed by atoms with van der Waals surface area (Å²) in [6.07, 6.45) is 0.954. The summed E-state index contributed by atoms with van der Waals surface area (Å²) in [6, 6.07) is 10.8. The van der Waals surface area contributed by atoms with Crippen LogP contribution >= 0.6 is 0 Å².